The molecule has 3 nitrogen and oxygen atoms in total. The molecule has 0 aliphatic rings. The van der Waals surface area contributed by atoms with E-state index in [1.165, 1.54) is 0 Å². The summed E-state index contributed by atoms with van der Waals surface area (Å²) in [6.45, 7) is 0. The molecule has 0 atom stereocenters. The van der Waals surface area contributed by atoms with E-state index < -0.39 is 6.16 Å². The van der Waals surface area contributed by atoms with Gasteiger partial charge in [-0.1, -0.05) is 0 Å². The van der Waals surface area contributed by atoms with Gasteiger partial charge in [-0.2, -0.15) is 0 Å². The van der Waals surface area contributed by atoms with E-state index in [0.29, 0.717) is 0 Å². The van der Waals surface area contributed by atoms with Crippen molar-refractivity contribution < 1.29 is 81.6 Å². The predicted octanol–water partition coefficient (Wildman–Crippen LogP) is -2.66. The molecule has 1 radical (unpaired) electrons. The van der Waals surface area contributed by atoms with Gasteiger partial charge in [-0.05, 0) is 0 Å². The van der Waals surface area contributed by atoms with Crippen LogP contribution in [0.5, 0.6) is 0 Å². The van der Waals surface area contributed by atoms with Crippen molar-refractivity contribution in [1.82, 2.24) is 0 Å². The Balaban J connectivity index is -0.0000000150. The van der Waals surface area contributed by atoms with Crippen molar-refractivity contribution in [1.29, 1.82) is 0 Å². The maximum absolute atomic E-state index is 8.56. The van der Waals surface area contributed by atoms with E-state index in [-0.39, 0.29) is 66.6 Å². The number of carbonyl (C=O) groups is 1. The van der Waals surface area contributed by atoms with Gasteiger partial charge in [-0.15, -0.1) is 0 Å². The number of rotatable bonds is 0. The van der Waals surface area contributed by atoms with Gasteiger partial charge in [0, 0.05) is 35.6 Å². The van der Waals surface area contributed by atoms with E-state index in [4.69, 9.17) is 15.0 Å². The van der Waals surface area contributed by atoms with Gasteiger partial charge in [0.05, 0.1) is 0 Å². The van der Waals surface area contributed by atoms with Crippen LogP contribution in [0, 0.1) is 35.6 Å². The van der Waals surface area contributed by atoms with Crippen molar-refractivity contribution >= 4 is 6.16 Å². The topological polar surface area (TPSA) is 57.5 Å². The summed E-state index contributed by atoms with van der Waals surface area (Å²) in [6, 6.07) is 0. The Morgan fingerprint density at radius 3 is 1.50 bits per heavy atom. The summed E-state index contributed by atoms with van der Waals surface area (Å²) in [5.41, 5.74) is 0. The molecule has 0 amide bonds. The van der Waals surface area contributed by atoms with Gasteiger partial charge in [0.1, 0.15) is 0 Å². The first kappa shape index (κ1) is 15.7. The average Bonchev–Trinajstić information content (AvgIpc) is 0.811. The van der Waals surface area contributed by atoms with E-state index >= 15 is 0 Å². The molecule has 0 spiro atoms. The molecular weight excluding hydrogens is 222 g/mol. The Hall–Kier alpha value is 1.46. The van der Waals surface area contributed by atoms with Crippen molar-refractivity contribution in [2.45, 2.75) is 0 Å². The molecule has 0 aliphatic heterocycles. The Labute approximate surface area is 86.5 Å². The van der Waals surface area contributed by atoms with Gasteiger partial charge in [0.2, 0.25) is 0 Å². The van der Waals surface area contributed by atoms with E-state index in [2.05, 4.69) is 0 Å². The third-order valence-corrected chi connectivity index (χ3v) is 0. The van der Waals surface area contributed by atoms with Gasteiger partial charge in [-0.3, -0.25) is 0 Å². The molecule has 0 saturated heterocycles. The van der Waals surface area contributed by atoms with Crippen molar-refractivity contribution in [3.63, 3.8) is 0 Å². The second kappa shape index (κ2) is 9.69. The predicted molar refractivity (Wildman–Crippen MR) is 11.8 cm³/mol. The largest absolute Gasteiger partial charge is 1.00 e. The third-order valence-electron chi connectivity index (χ3n) is 0. The molecule has 0 aromatic heterocycles. The Morgan fingerprint density at radius 2 is 1.50 bits per heavy atom. The first-order valence-corrected chi connectivity index (χ1v) is 0.651. The normalized spacial score (nSPS) is 4.00. The van der Waals surface area contributed by atoms with Gasteiger partial charge >= 0.3 is 35.7 Å². The Morgan fingerprint density at radius 1 is 1.50 bits per heavy atom. The summed E-state index contributed by atoms with van der Waals surface area (Å²) in [7, 11) is 0. The molecule has 0 aromatic rings. The van der Waals surface area contributed by atoms with Crippen LogP contribution in [-0.4, -0.2) is 16.4 Å². The van der Waals surface area contributed by atoms with Crippen molar-refractivity contribution in [3.8, 4) is 0 Å². The zero-order valence-corrected chi connectivity index (χ0v) is 9.01. The van der Waals surface area contributed by atoms with Crippen LogP contribution in [0.3, 0.4) is 0 Å². The molecule has 5 heteroatoms. The van der Waals surface area contributed by atoms with E-state index in [0.717, 1.165) is 0 Å². The fraction of sp³-hybridized carbons (Fsp3) is 0. The third kappa shape index (κ3) is 50.8. The standard InChI is InChI=1S/CH2O3.La.Na.H/c2-1(3)4;;;/h(H2,2,3,4);;;/q;;+1;-1. The first-order valence-electron chi connectivity index (χ1n) is 0.651. The zero-order valence-electron chi connectivity index (χ0n) is 4.38. The summed E-state index contributed by atoms with van der Waals surface area (Å²) >= 11 is 0. The monoisotopic (exact) mass is 225 g/mol. The SMILES string of the molecule is O=C(O)O.[H-].[La].[Na+]. The van der Waals surface area contributed by atoms with Gasteiger partial charge in [0.25, 0.3) is 0 Å². The maximum Gasteiger partial charge on any atom is 1.00 e. The summed E-state index contributed by atoms with van der Waals surface area (Å²) in [4.78, 5) is 8.56. The van der Waals surface area contributed by atoms with Gasteiger partial charge in [0.15, 0.2) is 0 Å². The summed E-state index contributed by atoms with van der Waals surface area (Å²) in [6.07, 6.45) is -1.83. The molecular formula is CH3LaNaO3. The van der Waals surface area contributed by atoms with Crippen LogP contribution in [0.15, 0.2) is 0 Å². The zero-order chi connectivity index (χ0) is 3.58. The first-order chi connectivity index (χ1) is 1.73. The van der Waals surface area contributed by atoms with Crippen molar-refractivity contribution in [3.05, 3.63) is 0 Å². The van der Waals surface area contributed by atoms with Crippen molar-refractivity contribution in [2.75, 3.05) is 0 Å². The van der Waals surface area contributed by atoms with E-state index in [1.54, 1.807) is 0 Å². The van der Waals surface area contributed by atoms with Crippen LogP contribution in [0.1, 0.15) is 1.43 Å². The quantitative estimate of drug-likeness (QED) is 0.442. The van der Waals surface area contributed by atoms with Crippen LogP contribution in [0.4, 0.5) is 4.79 Å². The van der Waals surface area contributed by atoms with Crippen molar-refractivity contribution in [2.24, 2.45) is 0 Å². The van der Waals surface area contributed by atoms with Crippen LogP contribution in [0.25, 0.3) is 0 Å². The fourth-order valence-corrected chi connectivity index (χ4v) is 0. The minimum atomic E-state index is -1.83. The van der Waals surface area contributed by atoms with Gasteiger partial charge < -0.3 is 11.6 Å². The Kier molecular flexibility index (Phi) is 25.3. The Bertz CT molecular complexity index is 37.9. The number of carboxylic acid groups (broad SMARTS) is 2. The molecule has 29 valence electrons. The molecule has 0 heterocycles. The minimum Gasteiger partial charge on any atom is -1.00 e. The van der Waals surface area contributed by atoms with Crippen LogP contribution >= 0.6 is 0 Å². The molecule has 0 fully saturated rings. The van der Waals surface area contributed by atoms with E-state index in [9.17, 15) is 0 Å². The molecule has 0 rings (SSSR count). The maximum atomic E-state index is 8.56. The summed E-state index contributed by atoms with van der Waals surface area (Å²) < 4.78 is 0. The summed E-state index contributed by atoms with van der Waals surface area (Å²) in [5, 5.41) is 13.9. The minimum absolute atomic E-state index is 0. The van der Waals surface area contributed by atoms with Gasteiger partial charge in [-0.25, -0.2) is 4.79 Å². The molecule has 0 bridgehead atoms. The van der Waals surface area contributed by atoms with Crippen LogP contribution < -0.4 is 29.6 Å². The second-order valence-corrected chi connectivity index (χ2v) is 0.283. The summed E-state index contributed by atoms with van der Waals surface area (Å²) in [5.74, 6) is 0. The smallest absolute Gasteiger partial charge is 1.00 e. The molecule has 0 saturated carbocycles. The van der Waals surface area contributed by atoms with Crippen LogP contribution in [0.2, 0.25) is 0 Å². The number of hydrogen-bond donors (Lipinski definition) is 2. The fourth-order valence-electron chi connectivity index (χ4n) is 0. The molecule has 0 aromatic carbocycles. The van der Waals surface area contributed by atoms with E-state index in [1.807, 2.05) is 0 Å². The molecule has 0 unspecified atom stereocenters. The number of hydrogen-bond acceptors (Lipinski definition) is 1. The average molecular weight is 225 g/mol. The second-order valence-electron chi connectivity index (χ2n) is 0.283. The molecule has 2 N–H and O–H groups in total. The molecule has 6 heavy (non-hydrogen) atoms. The van der Waals surface area contributed by atoms with Crippen LogP contribution in [-0.2, 0) is 0 Å². The molecule has 0 aliphatic carbocycles.